The van der Waals surface area contributed by atoms with Gasteiger partial charge in [0.05, 0.1) is 5.57 Å². The molecule has 0 unspecified atom stereocenters. The second-order valence-corrected chi connectivity index (χ2v) is 5.00. The highest BCUT2D eigenvalue weighted by atomic mass is 16.5. The molecule has 0 spiro atoms. The number of Topliss-reactive ketones (excluding diaryl/α,β-unsaturated/α-hetero) is 1. The molecule has 0 saturated heterocycles. The molecule has 0 aromatic heterocycles. The van der Waals surface area contributed by atoms with Gasteiger partial charge in [-0.25, -0.2) is 0 Å². The van der Waals surface area contributed by atoms with Crippen LogP contribution in [0.4, 0.5) is 0 Å². The Morgan fingerprint density at radius 2 is 1.90 bits per heavy atom. The van der Waals surface area contributed by atoms with Gasteiger partial charge in [-0.3, -0.25) is 4.79 Å². The average molecular weight is 272 g/mol. The van der Waals surface area contributed by atoms with E-state index in [1.54, 1.807) is 0 Å². The summed E-state index contributed by atoms with van der Waals surface area (Å²) in [7, 11) is 0. The fraction of sp³-hybridized carbons (Fsp3) is 0.389. The third-order valence-electron chi connectivity index (χ3n) is 2.78. The minimum atomic E-state index is 0.0909. The highest BCUT2D eigenvalue weighted by molar-refractivity contribution is 5.99. The molecule has 1 aliphatic rings. The van der Waals surface area contributed by atoms with Crippen LogP contribution in [0.1, 0.15) is 33.6 Å². The maximum atomic E-state index is 12.3. The van der Waals surface area contributed by atoms with Crippen LogP contribution >= 0.6 is 0 Å². The second-order valence-electron chi connectivity index (χ2n) is 5.00. The fourth-order valence-corrected chi connectivity index (χ4v) is 1.75. The molecule has 0 amide bonds. The molecule has 0 aliphatic carbocycles. The van der Waals surface area contributed by atoms with Gasteiger partial charge in [0.2, 0.25) is 0 Å². The smallest absolute Gasteiger partial charge is 0.170 e. The molecule has 0 aromatic carbocycles. The number of hydrogen-bond acceptors (Lipinski definition) is 2. The molecular weight excluding hydrogens is 248 g/mol. The van der Waals surface area contributed by atoms with E-state index in [9.17, 15) is 4.79 Å². The lowest BCUT2D eigenvalue weighted by molar-refractivity contribution is -0.114. The molecular formula is C18H24O2. The number of rotatable bonds is 3. The Bertz CT molecular complexity index is 460. The Hall–Kier alpha value is -1.83. The first-order valence-corrected chi connectivity index (χ1v) is 7.16. The zero-order valence-electron chi connectivity index (χ0n) is 12.6. The number of hydrogen-bond donors (Lipinski definition) is 0. The van der Waals surface area contributed by atoms with E-state index in [0.717, 1.165) is 6.42 Å². The molecule has 0 N–H and O–H groups in total. The summed E-state index contributed by atoms with van der Waals surface area (Å²) < 4.78 is 5.74. The van der Waals surface area contributed by atoms with E-state index >= 15 is 0 Å². The SMILES string of the molecule is C\C=C/C1=C(\C=C\C(C)C)C(=O)C/C=C\C/C=C\CO1. The van der Waals surface area contributed by atoms with E-state index in [1.165, 1.54) is 0 Å². The van der Waals surface area contributed by atoms with Crippen LogP contribution in [0.2, 0.25) is 0 Å². The molecule has 1 aliphatic heterocycles. The number of carbonyl (C=O) groups is 1. The highest BCUT2D eigenvalue weighted by Gasteiger charge is 2.12. The molecule has 20 heavy (non-hydrogen) atoms. The number of allylic oxidation sites excluding steroid dienone is 8. The van der Waals surface area contributed by atoms with E-state index < -0.39 is 0 Å². The van der Waals surface area contributed by atoms with Gasteiger partial charge in [0, 0.05) is 6.42 Å². The molecule has 0 bridgehead atoms. The lowest BCUT2D eigenvalue weighted by atomic mass is 10.0. The van der Waals surface area contributed by atoms with E-state index in [2.05, 4.69) is 13.8 Å². The molecule has 0 radical (unpaired) electrons. The van der Waals surface area contributed by atoms with Crippen LogP contribution in [0.3, 0.4) is 0 Å². The van der Waals surface area contributed by atoms with Crippen molar-refractivity contribution in [3.8, 4) is 0 Å². The third kappa shape index (κ3) is 5.87. The molecule has 108 valence electrons. The van der Waals surface area contributed by atoms with Crippen LogP contribution in [0.5, 0.6) is 0 Å². The van der Waals surface area contributed by atoms with Gasteiger partial charge in [0.15, 0.2) is 5.78 Å². The summed E-state index contributed by atoms with van der Waals surface area (Å²) in [5, 5.41) is 0. The molecule has 0 fully saturated rings. The number of carbonyl (C=O) groups excluding carboxylic acids is 1. The van der Waals surface area contributed by atoms with Crippen LogP contribution in [-0.2, 0) is 9.53 Å². The maximum Gasteiger partial charge on any atom is 0.170 e. The number of ether oxygens (including phenoxy) is 1. The predicted octanol–water partition coefficient (Wildman–Crippen LogP) is 4.52. The zero-order chi connectivity index (χ0) is 14.8. The van der Waals surface area contributed by atoms with Crippen molar-refractivity contribution in [2.24, 2.45) is 5.92 Å². The Kier molecular flexibility index (Phi) is 7.41. The van der Waals surface area contributed by atoms with Crippen molar-refractivity contribution in [3.05, 3.63) is 59.9 Å². The summed E-state index contributed by atoms with van der Waals surface area (Å²) in [6, 6.07) is 0. The fourth-order valence-electron chi connectivity index (χ4n) is 1.75. The molecule has 2 nitrogen and oxygen atoms in total. The summed E-state index contributed by atoms with van der Waals surface area (Å²) in [6.45, 7) is 6.59. The van der Waals surface area contributed by atoms with Gasteiger partial charge in [0.1, 0.15) is 12.4 Å². The quantitative estimate of drug-likeness (QED) is 0.706. The molecule has 0 aromatic rings. The minimum absolute atomic E-state index is 0.0909. The van der Waals surface area contributed by atoms with Gasteiger partial charge < -0.3 is 4.74 Å². The molecule has 2 heteroatoms. The summed E-state index contributed by atoms with van der Waals surface area (Å²) in [5.74, 6) is 1.14. The second kappa shape index (κ2) is 9.13. The molecule has 1 rings (SSSR count). The lowest BCUT2D eigenvalue weighted by Crippen LogP contribution is -2.05. The maximum absolute atomic E-state index is 12.3. The Morgan fingerprint density at radius 1 is 1.15 bits per heavy atom. The monoisotopic (exact) mass is 272 g/mol. The standard InChI is InChI=1S/C18H24O2/c1-4-10-18-16(13-12-15(2)3)17(19)11-8-6-5-7-9-14-20-18/h4,6-10,12-13,15H,5,11,14H2,1-3H3/b8-6-,9-7-,10-4-,13-12+,18-16-. The minimum Gasteiger partial charge on any atom is -0.489 e. The number of ketones is 1. The van der Waals surface area contributed by atoms with Gasteiger partial charge in [-0.1, -0.05) is 56.4 Å². The molecule has 0 saturated carbocycles. The van der Waals surface area contributed by atoms with Crippen LogP contribution in [0.15, 0.2) is 59.9 Å². The Balaban J connectivity index is 3.15. The molecule has 0 atom stereocenters. The topological polar surface area (TPSA) is 26.3 Å². The zero-order valence-corrected chi connectivity index (χ0v) is 12.6. The van der Waals surface area contributed by atoms with Crippen LogP contribution in [0, 0.1) is 5.92 Å². The van der Waals surface area contributed by atoms with E-state index in [4.69, 9.17) is 4.74 Å². The van der Waals surface area contributed by atoms with Crippen molar-refractivity contribution >= 4 is 5.78 Å². The Morgan fingerprint density at radius 3 is 2.60 bits per heavy atom. The summed E-state index contributed by atoms with van der Waals surface area (Å²) in [5.41, 5.74) is 0.650. The van der Waals surface area contributed by atoms with Crippen LogP contribution in [0.25, 0.3) is 0 Å². The normalized spacial score (nSPS) is 24.9. The van der Waals surface area contributed by atoms with Gasteiger partial charge in [-0.2, -0.15) is 0 Å². The first-order valence-electron chi connectivity index (χ1n) is 7.16. The van der Waals surface area contributed by atoms with Gasteiger partial charge >= 0.3 is 0 Å². The van der Waals surface area contributed by atoms with Crippen molar-refractivity contribution in [2.75, 3.05) is 6.61 Å². The van der Waals surface area contributed by atoms with Crippen molar-refractivity contribution in [1.29, 1.82) is 0 Å². The highest BCUT2D eigenvalue weighted by Crippen LogP contribution is 2.16. The van der Waals surface area contributed by atoms with Gasteiger partial charge in [-0.05, 0) is 25.3 Å². The van der Waals surface area contributed by atoms with Crippen molar-refractivity contribution in [1.82, 2.24) is 0 Å². The summed E-state index contributed by atoms with van der Waals surface area (Å²) >= 11 is 0. The van der Waals surface area contributed by atoms with E-state index in [1.807, 2.05) is 55.5 Å². The van der Waals surface area contributed by atoms with Crippen molar-refractivity contribution in [3.63, 3.8) is 0 Å². The average Bonchev–Trinajstić information content (AvgIpc) is 2.43. The Labute approximate surface area is 122 Å². The van der Waals surface area contributed by atoms with E-state index in [-0.39, 0.29) is 5.78 Å². The summed E-state index contributed by atoms with van der Waals surface area (Å²) in [4.78, 5) is 12.3. The van der Waals surface area contributed by atoms with Crippen LogP contribution in [-0.4, -0.2) is 12.4 Å². The largest absolute Gasteiger partial charge is 0.489 e. The lowest BCUT2D eigenvalue weighted by Gasteiger charge is -2.09. The third-order valence-corrected chi connectivity index (χ3v) is 2.78. The summed E-state index contributed by atoms with van der Waals surface area (Å²) in [6.07, 6.45) is 16.9. The van der Waals surface area contributed by atoms with E-state index in [0.29, 0.717) is 30.3 Å². The first-order chi connectivity index (χ1) is 9.65. The van der Waals surface area contributed by atoms with Crippen LogP contribution < -0.4 is 0 Å². The van der Waals surface area contributed by atoms with Crippen molar-refractivity contribution in [2.45, 2.75) is 33.6 Å². The first kappa shape index (κ1) is 16.2. The molecule has 1 heterocycles. The predicted molar refractivity (Wildman–Crippen MR) is 84.3 cm³/mol. The van der Waals surface area contributed by atoms with Gasteiger partial charge in [-0.15, -0.1) is 0 Å². The van der Waals surface area contributed by atoms with Crippen molar-refractivity contribution < 1.29 is 9.53 Å². The van der Waals surface area contributed by atoms with Gasteiger partial charge in [0.25, 0.3) is 0 Å².